The maximum absolute atomic E-state index is 11.2. The van der Waals surface area contributed by atoms with Crippen LogP contribution in [0.2, 0.25) is 0 Å². The highest BCUT2D eigenvalue weighted by Crippen LogP contribution is 2.14. The molecule has 74 valence electrons. The van der Waals surface area contributed by atoms with E-state index in [9.17, 15) is 4.79 Å². The zero-order chi connectivity index (χ0) is 9.97. The predicted molar refractivity (Wildman–Crippen MR) is 48.6 cm³/mol. The van der Waals surface area contributed by atoms with E-state index in [0.29, 0.717) is 13.1 Å². The summed E-state index contributed by atoms with van der Waals surface area (Å²) in [4.78, 5) is 21.2. The monoisotopic (exact) mass is 193 g/mol. The number of nitrogens with zero attached hydrogens (tertiary/aromatic N) is 3. The number of amides is 1. The van der Waals surface area contributed by atoms with Crippen molar-refractivity contribution in [1.82, 2.24) is 14.9 Å². The lowest BCUT2D eigenvalue weighted by Gasteiger charge is -2.25. The molecule has 0 fully saturated rings. The van der Waals surface area contributed by atoms with Crippen molar-refractivity contribution in [2.75, 3.05) is 13.7 Å². The van der Waals surface area contributed by atoms with E-state index in [1.165, 1.54) is 7.11 Å². The zero-order valence-corrected chi connectivity index (χ0v) is 7.93. The number of hydrogen-bond acceptors (Lipinski definition) is 4. The Hall–Kier alpha value is -1.65. The van der Waals surface area contributed by atoms with Crippen LogP contribution in [0.25, 0.3) is 0 Å². The summed E-state index contributed by atoms with van der Waals surface area (Å²) in [6.45, 7) is 1.15. The van der Waals surface area contributed by atoms with Crippen LogP contribution in [0.15, 0.2) is 12.4 Å². The molecule has 0 unspecified atom stereocenters. The van der Waals surface area contributed by atoms with Crippen LogP contribution in [0.5, 0.6) is 0 Å². The van der Waals surface area contributed by atoms with E-state index in [-0.39, 0.29) is 6.09 Å². The zero-order valence-electron chi connectivity index (χ0n) is 7.93. The smallest absolute Gasteiger partial charge is 0.409 e. The quantitative estimate of drug-likeness (QED) is 0.605. The third-order valence-electron chi connectivity index (χ3n) is 2.25. The van der Waals surface area contributed by atoms with Crippen molar-refractivity contribution in [1.29, 1.82) is 0 Å². The Labute approximate surface area is 81.7 Å². The highest BCUT2D eigenvalue weighted by molar-refractivity contribution is 5.67. The topological polar surface area (TPSA) is 55.3 Å². The number of carbonyl (C=O) groups excluding carboxylic acids is 1. The third-order valence-corrected chi connectivity index (χ3v) is 2.25. The maximum Gasteiger partial charge on any atom is 0.409 e. The lowest BCUT2D eigenvalue weighted by atomic mass is 10.1. The molecule has 0 radical (unpaired) electrons. The maximum atomic E-state index is 11.2. The SMILES string of the molecule is COC(=O)N1CCc2nccnc2C1. The summed E-state index contributed by atoms with van der Waals surface area (Å²) in [6, 6.07) is 0. The summed E-state index contributed by atoms with van der Waals surface area (Å²) in [7, 11) is 1.38. The fraction of sp³-hybridized carbons (Fsp3) is 0.444. The van der Waals surface area contributed by atoms with Gasteiger partial charge in [-0.3, -0.25) is 9.97 Å². The van der Waals surface area contributed by atoms with Gasteiger partial charge in [-0.15, -0.1) is 0 Å². The normalized spacial score (nSPS) is 14.8. The van der Waals surface area contributed by atoms with Crippen LogP contribution in [0, 0.1) is 0 Å². The van der Waals surface area contributed by atoms with E-state index in [1.807, 2.05) is 0 Å². The summed E-state index contributed by atoms with van der Waals surface area (Å²) < 4.78 is 4.64. The van der Waals surface area contributed by atoms with Gasteiger partial charge in [-0.05, 0) is 0 Å². The molecule has 2 rings (SSSR count). The first kappa shape index (κ1) is 8.93. The number of fused-ring (bicyclic) bond motifs is 1. The van der Waals surface area contributed by atoms with Crippen LogP contribution in [0.3, 0.4) is 0 Å². The Kier molecular flexibility index (Phi) is 2.30. The predicted octanol–water partition coefficient (Wildman–Crippen LogP) is 0.601. The molecule has 2 heterocycles. The summed E-state index contributed by atoms with van der Waals surface area (Å²) >= 11 is 0. The molecular weight excluding hydrogens is 182 g/mol. The summed E-state index contributed by atoms with van der Waals surface area (Å²) in [5, 5.41) is 0. The van der Waals surface area contributed by atoms with Crippen LogP contribution >= 0.6 is 0 Å². The van der Waals surface area contributed by atoms with Crippen LogP contribution in [0.4, 0.5) is 4.79 Å². The lowest BCUT2D eigenvalue weighted by molar-refractivity contribution is 0.117. The number of rotatable bonds is 0. The Balaban J connectivity index is 2.17. The molecule has 0 bridgehead atoms. The minimum atomic E-state index is -0.304. The van der Waals surface area contributed by atoms with Crippen LogP contribution in [-0.2, 0) is 17.7 Å². The molecule has 1 aromatic heterocycles. The summed E-state index contributed by atoms with van der Waals surface area (Å²) in [5.74, 6) is 0. The number of methoxy groups -OCH3 is 1. The first-order chi connectivity index (χ1) is 6.81. The van der Waals surface area contributed by atoms with Crippen molar-refractivity contribution < 1.29 is 9.53 Å². The van der Waals surface area contributed by atoms with Crippen LogP contribution < -0.4 is 0 Å². The number of hydrogen-bond donors (Lipinski definition) is 0. The van der Waals surface area contributed by atoms with Gasteiger partial charge in [0.1, 0.15) is 0 Å². The molecule has 0 atom stereocenters. The second-order valence-corrected chi connectivity index (χ2v) is 3.09. The van der Waals surface area contributed by atoms with Gasteiger partial charge in [0, 0.05) is 25.4 Å². The average Bonchev–Trinajstić information content (AvgIpc) is 2.27. The van der Waals surface area contributed by atoms with Gasteiger partial charge in [-0.25, -0.2) is 4.79 Å². The molecule has 14 heavy (non-hydrogen) atoms. The molecule has 5 heteroatoms. The van der Waals surface area contributed by atoms with Gasteiger partial charge < -0.3 is 9.64 Å². The molecule has 0 saturated heterocycles. The van der Waals surface area contributed by atoms with Gasteiger partial charge in [0.2, 0.25) is 0 Å². The van der Waals surface area contributed by atoms with Crippen LogP contribution in [-0.4, -0.2) is 34.6 Å². The van der Waals surface area contributed by atoms with Gasteiger partial charge in [0.15, 0.2) is 0 Å². The van der Waals surface area contributed by atoms with Crippen molar-refractivity contribution in [3.63, 3.8) is 0 Å². The van der Waals surface area contributed by atoms with E-state index < -0.39 is 0 Å². The van der Waals surface area contributed by atoms with Crippen molar-refractivity contribution in [3.8, 4) is 0 Å². The van der Waals surface area contributed by atoms with Crippen molar-refractivity contribution in [2.45, 2.75) is 13.0 Å². The molecule has 1 amide bonds. The number of ether oxygens (including phenoxy) is 1. The van der Waals surface area contributed by atoms with E-state index in [4.69, 9.17) is 0 Å². The van der Waals surface area contributed by atoms with Crippen molar-refractivity contribution >= 4 is 6.09 Å². The minimum Gasteiger partial charge on any atom is -0.453 e. The third kappa shape index (κ3) is 1.53. The molecule has 0 N–H and O–H groups in total. The Bertz CT molecular complexity index is 354. The van der Waals surface area contributed by atoms with Crippen molar-refractivity contribution in [2.24, 2.45) is 0 Å². The molecule has 5 nitrogen and oxygen atoms in total. The molecular formula is C9H11N3O2. The Morgan fingerprint density at radius 2 is 2.14 bits per heavy atom. The van der Waals surface area contributed by atoms with Crippen LogP contribution in [0.1, 0.15) is 11.4 Å². The van der Waals surface area contributed by atoms with Gasteiger partial charge >= 0.3 is 6.09 Å². The molecule has 1 aliphatic heterocycles. The number of aromatic nitrogens is 2. The fourth-order valence-corrected chi connectivity index (χ4v) is 1.52. The summed E-state index contributed by atoms with van der Waals surface area (Å²) in [6.07, 6.45) is 3.76. The Morgan fingerprint density at radius 3 is 2.86 bits per heavy atom. The standard InChI is InChI=1S/C9H11N3O2/c1-14-9(13)12-5-2-7-8(6-12)11-4-3-10-7/h3-4H,2,5-6H2,1H3. The molecule has 0 aromatic carbocycles. The number of carbonyl (C=O) groups is 1. The minimum absolute atomic E-state index is 0.304. The van der Waals surface area contributed by atoms with Crippen molar-refractivity contribution in [3.05, 3.63) is 23.8 Å². The van der Waals surface area contributed by atoms with Gasteiger partial charge in [-0.1, -0.05) is 0 Å². The highest BCUT2D eigenvalue weighted by Gasteiger charge is 2.22. The molecule has 0 aliphatic carbocycles. The Morgan fingerprint density at radius 1 is 1.43 bits per heavy atom. The van der Waals surface area contributed by atoms with E-state index in [2.05, 4.69) is 14.7 Å². The first-order valence-electron chi connectivity index (χ1n) is 4.43. The second kappa shape index (κ2) is 3.61. The average molecular weight is 193 g/mol. The van der Waals surface area contributed by atoms with E-state index >= 15 is 0 Å². The summed E-state index contributed by atoms with van der Waals surface area (Å²) in [5.41, 5.74) is 1.84. The largest absolute Gasteiger partial charge is 0.453 e. The van der Waals surface area contributed by atoms with Gasteiger partial charge in [0.25, 0.3) is 0 Å². The first-order valence-corrected chi connectivity index (χ1v) is 4.43. The molecule has 0 spiro atoms. The fourth-order valence-electron chi connectivity index (χ4n) is 1.52. The molecule has 1 aromatic rings. The lowest BCUT2D eigenvalue weighted by Crippen LogP contribution is -2.36. The van der Waals surface area contributed by atoms with Gasteiger partial charge in [0.05, 0.1) is 25.0 Å². The molecule has 1 aliphatic rings. The van der Waals surface area contributed by atoms with E-state index in [1.54, 1.807) is 17.3 Å². The van der Waals surface area contributed by atoms with E-state index in [0.717, 1.165) is 17.8 Å². The molecule has 0 saturated carbocycles. The highest BCUT2D eigenvalue weighted by atomic mass is 16.5. The second-order valence-electron chi connectivity index (χ2n) is 3.09. The van der Waals surface area contributed by atoms with Gasteiger partial charge in [-0.2, -0.15) is 0 Å².